The van der Waals surface area contributed by atoms with Crippen molar-refractivity contribution in [2.75, 3.05) is 11.4 Å². The lowest BCUT2D eigenvalue weighted by atomic mass is 9.97. The van der Waals surface area contributed by atoms with Gasteiger partial charge in [-0.05, 0) is 54.6 Å². The number of nitrogens with zero attached hydrogens (tertiary/aromatic N) is 2. The lowest BCUT2D eigenvalue weighted by Crippen LogP contribution is -2.24. The third-order valence-electron chi connectivity index (χ3n) is 5.30. The first kappa shape index (κ1) is 23.3. The molecular formula is C23H17BrClN3O4S. The van der Waals surface area contributed by atoms with Crippen LogP contribution in [0.1, 0.15) is 23.5 Å². The van der Waals surface area contributed by atoms with Crippen LogP contribution in [-0.4, -0.2) is 20.9 Å². The standard InChI is InChI=1S/C23H17BrClN3O4S/c24-16-2-1-14(12-26)21(10-16)32-22-11-17(25)3-8-20(22)15-9-23(29)28(13-15)18-4-6-19(7-5-18)33(27,30)31/h1-8,10-11,15H,9,13H2,(H2,27,30,31)/t15-/m0/s1. The molecule has 0 saturated carbocycles. The molecule has 4 rings (SSSR count). The molecule has 1 heterocycles. The molecule has 1 atom stereocenters. The van der Waals surface area contributed by atoms with Crippen molar-refractivity contribution in [1.29, 1.82) is 5.26 Å². The van der Waals surface area contributed by atoms with E-state index in [4.69, 9.17) is 21.5 Å². The highest BCUT2D eigenvalue weighted by Gasteiger charge is 2.33. The molecule has 0 bridgehead atoms. The Balaban J connectivity index is 1.64. The summed E-state index contributed by atoms with van der Waals surface area (Å²) in [6.45, 7) is 0.370. The van der Waals surface area contributed by atoms with Crippen molar-refractivity contribution < 1.29 is 17.9 Å². The minimum absolute atomic E-state index is 0.0230. The van der Waals surface area contributed by atoms with E-state index in [1.807, 2.05) is 6.07 Å². The van der Waals surface area contributed by atoms with Crippen molar-refractivity contribution in [3.8, 4) is 17.6 Å². The van der Waals surface area contributed by atoms with Crippen LogP contribution in [0.4, 0.5) is 5.69 Å². The number of ether oxygens (including phenoxy) is 1. The van der Waals surface area contributed by atoms with Gasteiger partial charge >= 0.3 is 0 Å². The Morgan fingerprint density at radius 2 is 1.82 bits per heavy atom. The zero-order valence-electron chi connectivity index (χ0n) is 17.0. The fourth-order valence-electron chi connectivity index (χ4n) is 3.71. The minimum atomic E-state index is -3.82. The summed E-state index contributed by atoms with van der Waals surface area (Å²) in [7, 11) is -3.82. The summed E-state index contributed by atoms with van der Waals surface area (Å²) in [4.78, 5) is 14.4. The van der Waals surface area contributed by atoms with E-state index in [9.17, 15) is 18.5 Å². The Bertz CT molecular complexity index is 1390. The predicted molar refractivity (Wildman–Crippen MR) is 128 cm³/mol. The molecule has 1 fully saturated rings. The van der Waals surface area contributed by atoms with Gasteiger partial charge in [0.15, 0.2) is 0 Å². The van der Waals surface area contributed by atoms with Crippen LogP contribution in [0.2, 0.25) is 5.02 Å². The molecule has 7 nitrogen and oxygen atoms in total. The van der Waals surface area contributed by atoms with Crippen LogP contribution in [0.5, 0.6) is 11.5 Å². The average Bonchev–Trinajstić information content (AvgIpc) is 3.15. The normalized spacial score (nSPS) is 16.0. The van der Waals surface area contributed by atoms with Crippen LogP contribution < -0.4 is 14.8 Å². The van der Waals surface area contributed by atoms with E-state index in [-0.39, 0.29) is 23.1 Å². The van der Waals surface area contributed by atoms with Gasteiger partial charge in [-0.15, -0.1) is 0 Å². The van der Waals surface area contributed by atoms with Crippen molar-refractivity contribution in [3.63, 3.8) is 0 Å². The predicted octanol–water partition coefficient (Wildman–Crippen LogP) is 4.93. The summed E-state index contributed by atoms with van der Waals surface area (Å²) in [6, 6.07) is 18.3. The molecular weight excluding hydrogens is 530 g/mol. The second-order valence-electron chi connectivity index (χ2n) is 7.48. The minimum Gasteiger partial charge on any atom is -0.456 e. The summed E-state index contributed by atoms with van der Waals surface area (Å²) in [5.41, 5.74) is 1.72. The number of anilines is 1. The molecule has 1 amide bonds. The number of carbonyl (C=O) groups excluding carboxylic acids is 1. The largest absolute Gasteiger partial charge is 0.456 e. The van der Waals surface area contributed by atoms with E-state index in [0.717, 1.165) is 10.0 Å². The van der Waals surface area contributed by atoms with Gasteiger partial charge in [0.05, 0.1) is 10.5 Å². The van der Waals surface area contributed by atoms with Crippen molar-refractivity contribution in [3.05, 3.63) is 81.3 Å². The summed E-state index contributed by atoms with van der Waals surface area (Å²) in [5.74, 6) is 0.529. The number of hydrogen-bond donors (Lipinski definition) is 1. The van der Waals surface area contributed by atoms with Gasteiger partial charge in [-0.3, -0.25) is 4.79 Å². The van der Waals surface area contributed by atoms with Gasteiger partial charge in [-0.2, -0.15) is 5.26 Å². The SMILES string of the molecule is N#Cc1ccc(Br)cc1Oc1cc(Cl)ccc1[C@H]1CC(=O)N(c2ccc(S(N)(=O)=O)cc2)C1. The Labute approximate surface area is 204 Å². The van der Waals surface area contributed by atoms with Crippen LogP contribution in [-0.2, 0) is 14.8 Å². The van der Waals surface area contributed by atoms with E-state index in [1.165, 1.54) is 12.1 Å². The fraction of sp³-hybridized carbons (Fsp3) is 0.130. The number of benzene rings is 3. The average molecular weight is 547 g/mol. The highest BCUT2D eigenvalue weighted by atomic mass is 79.9. The molecule has 2 N–H and O–H groups in total. The number of amides is 1. The maximum atomic E-state index is 12.8. The highest BCUT2D eigenvalue weighted by molar-refractivity contribution is 9.10. The maximum absolute atomic E-state index is 12.8. The Morgan fingerprint density at radius 3 is 2.48 bits per heavy atom. The van der Waals surface area contributed by atoms with E-state index >= 15 is 0 Å². The molecule has 0 radical (unpaired) electrons. The Kier molecular flexibility index (Phi) is 6.45. The summed E-state index contributed by atoms with van der Waals surface area (Å²) in [6.07, 6.45) is 0.235. The number of nitriles is 1. The fourth-order valence-corrected chi connectivity index (χ4v) is 4.72. The molecule has 168 valence electrons. The number of nitrogens with two attached hydrogens (primary N) is 1. The van der Waals surface area contributed by atoms with Gasteiger partial charge < -0.3 is 9.64 Å². The van der Waals surface area contributed by atoms with Crippen LogP contribution >= 0.6 is 27.5 Å². The van der Waals surface area contributed by atoms with Gasteiger partial charge in [0, 0.05) is 39.6 Å². The van der Waals surface area contributed by atoms with E-state index in [2.05, 4.69) is 22.0 Å². The summed E-state index contributed by atoms with van der Waals surface area (Å²) >= 11 is 9.59. The van der Waals surface area contributed by atoms with Gasteiger partial charge in [0.1, 0.15) is 17.6 Å². The number of halogens is 2. The number of rotatable bonds is 5. The molecule has 0 aliphatic carbocycles. The summed E-state index contributed by atoms with van der Waals surface area (Å²) < 4.78 is 29.8. The molecule has 1 aliphatic rings. The van der Waals surface area contributed by atoms with Crippen molar-refractivity contribution in [2.45, 2.75) is 17.2 Å². The van der Waals surface area contributed by atoms with Crippen LogP contribution in [0.15, 0.2) is 70.0 Å². The molecule has 1 saturated heterocycles. The molecule has 1 aliphatic heterocycles. The molecule has 33 heavy (non-hydrogen) atoms. The Hall–Kier alpha value is -2.90. The quantitative estimate of drug-likeness (QED) is 0.487. The zero-order chi connectivity index (χ0) is 23.8. The molecule has 10 heteroatoms. The molecule has 0 spiro atoms. The van der Waals surface area contributed by atoms with Crippen molar-refractivity contribution in [1.82, 2.24) is 0 Å². The first-order valence-corrected chi connectivity index (χ1v) is 12.5. The zero-order valence-corrected chi connectivity index (χ0v) is 20.2. The lowest BCUT2D eigenvalue weighted by molar-refractivity contribution is -0.117. The highest BCUT2D eigenvalue weighted by Crippen LogP contribution is 2.40. The van der Waals surface area contributed by atoms with E-state index in [0.29, 0.717) is 34.3 Å². The van der Waals surface area contributed by atoms with Crippen molar-refractivity contribution in [2.24, 2.45) is 5.14 Å². The van der Waals surface area contributed by atoms with Gasteiger partial charge in [-0.1, -0.05) is 33.6 Å². The van der Waals surface area contributed by atoms with Crippen LogP contribution in [0.3, 0.4) is 0 Å². The molecule has 3 aromatic carbocycles. The van der Waals surface area contributed by atoms with Gasteiger partial charge in [0.25, 0.3) is 0 Å². The topological polar surface area (TPSA) is 113 Å². The second-order valence-corrected chi connectivity index (χ2v) is 10.4. The number of primary sulfonamides is 1. The number of carbonyl (C=O) groups is 1. The third-order valence-corrected chi connectivity index (χ3v) is 6.96. The van der Waals surface area contributed by atoms with Crippen LogP contribution in [0, 0.1) is 11.3 Å². The smallest absolute Gasteiger partial charge is 0.238 e. The van der Waals surface area contributed by atoms with Crippen LogP contribution in [0.25, 0.3) is 0 Å². The Morgan fingerprint density at radius 1 is 1.09 bits per heavy atom. The molecule has 0 unspecified atom stereocenters. The summed E-state index contributed by atoms with van der Waals surface area (Å²) in [5, 5.41) is 15.0. The molecule has 3 aromatic rings. The first-order valence-electron chi connectivity index (χ1n) is 9.76. The first-order chi connectivity index (χ1) is 15.7. The monoisotopic (exact) mass is 545 g/mol. The van der Waals surface area contributed by atoms with Gasteiger partial charge in [-0.25, -0.2) is 13.6 Å². The third kappa shape index (κ3) is 5.04. The van der Waals surface area contributed by atoms with Gasteiger partial charge in [0.2, 0.25) is 15.9 Å². The maximum Gasteiger partial charge on any atom is 0.238 e. The van der Waals surface area contributed by atoms with Crippen molar-refractivity contribution >= 4 is 49.1 Å². The van der Waals surface area contributed by atoms with E-state index in [1.54, 1.807) is 47.4 Å². The second kappa shape index (κ2) is 9.15. The number of sulfonamides is 1. The molecule has 0 aromatic heterocycles. The van der Waals surface area contributed by atoms with E-state index < -0.39 is 10.0 Å². The lowest BCUT2D eigenvalue weighted by Gasteiger charge is -2.19. The number of hydrogen-bond acceptors (Lipinski definition) is 5.